The molecule has 0 saturated carbocycles. The predicted molar refractivity (Wildman–Crippen MR) is 119 cm³/mol. The second-order valence-electron chi connectivity index (χ2n) is 6.82. The lowest BCUT2D eigenvalue weighted by atomic mass is 10.1. The fourth-order valence-corrected chi connectivity index (χ4v) is 3.17. The Kier molecular flexibility index (Phi) is 5.82. The molecule has 0 radical (unpaired) electrons. The van der Waals surface area contributed by atoms with Crippen molar-refractivity contribution in [2.24, 2.45) is 0 Å². The molecule has 3 aromatic carbocycles. The summed E-state index contributed by atoms with van der Waals surface area (Å²) in [5.74, 6) is 0.867. The van der Waals surface area contributed by atoms with Crippen LogP contribution in [0.4, 0.5) is 5.82 Å². The van der Waals surface area contributed by atoms with Crippen LogP contribution >= 0.6 is 11.6 Å². The molecule has 0 bridgehead atoms. The largest absolute Gasteiger partial charge is 0.484 e. The van der Waals surface area contributed by atoms with Gasteiger partial charge in [0.2, 0.25) is 0 Å². The smallest absolute Gasteiger partial charge is 0.263 e. The SMILES string of the molecule is Cc1cccc(-c2cc(NC(=O)COc3ccc(Cl)cc3)n(-c3ccccc3)n2)c1. The zero-order chi connectivity index (χ0) is 20.9. The molecule has 4 rings (SSSR count). The minimum atomic E-state index is -0.280. The van der Waals surface area contributed by atoms with Crippen molar-refractivity contribution in [3.8, 4) is 22.7 Å². The molecule has 4 aromatic rings. The molecule has 6 heteroatoms. The molecule has 30 heavy (non-hydrogen) atoms. The molecule has 0 fully saturated rings. The molecular formula is C24H20ClN3O2. The van der Waals surface area contributed by atoms with Crippen molar-refractivity contribution in [3.63, 3.8) is 0 Å². The lowest BCUT2D eigenvalue weighted by Gasteiger charge is -2.10. The molecule has 0 spiro atoms. The highest BCUT2D eigenvalue weighted by Crippen LogP contribution is 2.25. The van der Waals surface area contributed by atoms with Crippen LogP contribution in [-0.4, -0.2) is 22.3 Å². The maximum atomic E-state index is 12.5. The van der Waals surface area contributed by atoms with Crippen LogP contribution in [0.5, 0.6) is 5.75 Å². The highest BCUT2D eigenvalue weighted by atomic mass is 35.5. The van der Waals surface area contributed by atoms with E-state index in [4.69, 9.17) is 21.4 Å². The maximum Gasteiger partial charge on any atom is 0.263 e. The third kappa shape index (κ3) is 4.70. The summed E-state index contributed by atoms with van der Waals surface area (Å²) < 4.78 is 7.27. The Hall–Kier alpha value is -3.57. The summed E-state index contributed by atoms with van der Waals surface area (Å²) in [5, 5.41) is 8.24. The first-order valence-electron chi connectivity index (χ1n) is 9.49. The molecule has 0 unspecified atom stereocenters. The minimum Gasteiger partial charge on any atom is -0.484 e. The first-order chi connectivity index (χ1) is 14.6. The summed E-state index contributed by atoms with van der Waals surface area (Å²) in [4.78, 5) is 12.5. The molecule has 1 aromatic heterocycles. The maximum absolute atomic E-state index is 12.5. The average molecular weight is 418 g/mol. The molecule has 0 atom stereocenters. The first-order valence-corrected chi connectivity index (χ1v) is 9.87. The number of hydrogen-bond donors (Lipinski definition) is 1. The van der Waals surface area contributed by atoms with Crippen LogP contribution in [0, 0.1) is 6.92 Å². The lowest BCUT2D eigenvalue weighted by Crippen LogP contribution is -2.21. The normalized spacial score (nSPS) is 10.6. The Labute approximate surface area is 179 Å². The van der Waals surface area contributed by atoms with E-state index in [1.807, 2.05) is 61.5 Å². The fourth-order valence-electron chi connectivity index (χ4n) is 3.04. The van der Waals surface area contributed by atoms with Gasteiger partial charge in [0.15, 0.2) is 6.61 Å². The van der Waals surface area contributed by atoms with Gasteiger partial charge in [-0.2, -0.15) is 5.10 Å². The van der Waals surface area contributed by atoms with E-state index < -0.39 is 0 Å². The van der Waals surface area contributed by atoms with Crippen molar-refractivity contribution in [2.75, 3.05) is 11.9 Å². The summed E-state index contributed by atoms with van der Waals surface area (Å²) in [6.07, 6.45) is 0. The fraction of sp³-hybridized carbons (Fsp3) is 0.0833. The van der Waals surface area contributed by atoms with Gasteiger partial charge in [-0.15, -0.1) is 0 Å². The highest BCUT2D eigenvalue weighted by molar-refractivity contribution is 6.30. The Balaban J connectivity index is 1.57. The topological polar surface area (TPSA) is 56.1 Å². The van der Waals surface area contributed by atoms with Gasteiger partial charge >= 0.3 is 0 Å². The zero-order valence-electron chi connectivity index (χ0n) is 16.4. The van der Waals surface area contributed by atoms with Gasteiger partial charge in [-0.25, -0.2) is 4.68 Å². The van der Waals surface area contributed by atoms with Gasteiger partial charge in [-0.3, -0.25) is 4.79 Å². The second kappa shape index (κ2) is 8.84. The Morgan fingerprint density at radius 2 is 1.77 bits per heavy atom. The van der Waals surface area contributed by atoms with Crippen molar-refractivity contribution >= 4 is 23.3 Å². The number of rotatable bonds is 6. The first kappa shape index (κ1) is 19.7. The summed E-state index contributed by atoms with van der Waals surface area (Å²) in [5.41, 5.74) is 3.75. The number of ether oxygens (including phenoxy) is 1. The predicted octanol–water partition coefficient (Wildman–Crippen LogP) is 5.52. The highest BCUT2D eigenvalue weighted by Gasteiger charge is 2.14. The monoisotopic (exact) mass is 417 g/mol. The van der Waals surface area contributed by atoms with E-state index in [0.29, 0.717) is 16.6 Å². The number of nitrogens with one attached hydrogen (secondary N) is 1. The van der Waals surface area contributed by atoms with Crippen molar-refractivity contribution in [1.82, 2.24) is 9.78 Å². The van der Waals surface area contributed by atoms with Gasteiger partial charge in [-0.05, 0) is 49.4 Å². The number of nitrogens with zero attached hydrogens (tertiary/aromatic N) is 2. The van der Waals surface area contributed by atoms with E-state index in [-0.39, 0.29) is 12.5 Å². The third-order valence-electron chi connectivity index (χ3n) is 4.48. The van der Waals surface area contributed by atoms with Crippen LogP contribution in [-0.2, 0) is 4.79 Å². The van der Waals surface area contributed by atoms with Gasteiger partial charge in [-0.1, -0.05) is 53.6 Å². The molecule has 0 aliphatic rings. The van der Waals surface area contributed by atoms with Gasteiger partial charge in [0.25, 0.3) is 5.91 Å². The summed E-state index contributed by atoms with van der Waals surface area (Å²) in [7, 11) is 0. The number of aromatic nitrogens is 2. The number of amides is 1. The zero-order valence-corrected chi connectivity index (χ0v) is 17.1. The van der Waals surface area contributed by atoms with Crippen LogP contribution in [0.1, 0.15) is 5.56 Å². The number of carbonyl (C=O) groups excluding carboxylic acids is 1. The van der Waals surface area contributed by atoms with Crippen LogP contribution in [0.25, 0.3) is 16.9 Å². The Bertz CT molecular complexity index is 1150. The van der Waals surface area contributed by atoms with Crippen molar-refractivity contribution in [3.05, 3.63) is 95.5 Å². The molecule has 0 aliphatic carbocycles. The molecule has 5 nitrogen and oxygen atoms in total. The van der Waals surface area contributed by atoms with Crippen LogP contribution < -0.4 is 10.1 Å². The summed E-state index contributed by atoms with van der Waals surface area (Å²) >= 11 is 5.88. The standard InChI is InChI=1S/C24H20ClN3O2/c1-17-6-5-7-18(14-17)22-15-23(28(27-22)20-8-3-2-4-9-20)26-24(29)16-30-21-12-10-19(25)11-13-21/h2-15H,16H2,1H3,(H,26,29). The van der Waals surface area contributed by atoms with Crippen LogP contribution in [0.15, 0.2) is 84.9 Å². The number of anilines is 1. The molecule has 1 heterocycles. The van der Waals surface area contributed by atoms with Gasteiger partial charge in [0, 0.05) is 16.7 Å². The van der Waals surface area contributed by atoms with E-state index >= 15 is 0 Å². The van der Waals surface area contributed by atoms with Crippen LogP contribution in [0.2, 0.25) is 5.02 Å². The molecule has 0 saturated heterocycles. The Morgan fingerprint density at radius 3 is 2.50 bits per heavy atom. The third-order valence-corrected chi connectivity index (χ3v) is 4.73. The number of halogens is 1. The van der Waals surface area contributed by atoms with E-state index in [1.165, 1.54) is 0 Å². The quantitative estimate of drug-likeness (QED) is 0.449. The van der Waals surface area contributed by atoms with E-state index in [2.05, 4.69) is 11.4 Å². The van der Waals surface area contributed by atoms with E-state index in [0.717, 1.165) is 22.5 Å². The van der Waals surface area contributed by atoms with Gasteiger partial charge in [0.05, 0.1) is 11.4 Å². The molecule has 1 amide bonds. The van der Waals surface area contributed by atoms with Gasteiger partial charge < -0.3 is 10.1 Å². The number of benzene rings is 3. The number of para-hydroxylation sites is 1. The summed E-state index contributed by atoms with van der Waals surface area (Å²) in [6, 6.07) is 26.5. The summed E-state index contributed by atoms with van der Waals surface area (Å²) in [6.45, 7) is 1.91. The molecule has 1 N–H and O–H groups in total. The molecule has 0 aliphatic heterocycles. The molecular weight excluding hydrogens is 398 g/mol. The lowest BCUT2D eigenvalue weighted by molar-refractivity contribution is -0.118. The van der Waals surface area contributed by atoms with Gasteiger partial charge in [0.1, 0.15) is 11.6 Å². The van der Waals surface area contributed by atoms with Crippen molar-refractivity contribution < 1.29 is 9.53 Å². The minimum absolute atomic E-state index is 0.124. The van der Waals surface area contributed by atoms with Crippen molar-refractivity contribution in [1.29, 1.82) is 0 Å². The second-order valence-corrected chi connectivity index (χ2v) is 7.26. The number of aryl methyl sites for hydroxylation is 1. The molecule has 150 valence electrons. The van der Waals surface area contributed by atoms with Crippen molar-refractivity contribution in [2.45, 2.75) is 6.92 Å². The van der Waals surface area contributed by atoms with Crippen LogP contribution in [0.3, 0.4) is 0 Å². The number of hydrogen-bond acceptors (Lipinski definition) is 3. The average Bonchev–Trinajstić information content (AvgIpc) is 3.18. The number of carbonyl (C=O) groups is 1. The van der Waals surface area contributed by atoms with E-state index in [9.17, 15) is 4.79 Å². The van der Waals surface area contributed by atoms with E-state index in [1.54, 1.807) is 28.9 Å². The Morgan fingerprint density at radius 1 is 1.00 bits per heavy atom.